The van der Waals surface area contributed by atoms with Gasteiger partial charge in [0.05, 0.1) is 11.7 Å². The van der Waals surface area contributed by atoms with Gasteiger partial charge in [-0.15, -0.1) is 0 Å². The van der Waals surface area contributed by atoms with E-state index in [0.29, 0.717) is 13.1 Å². The van der Waals surface area contributed by atoms with Crippen molar-refractivity contribution in [2.24, 2.45) is 0 Å². The molecule has 3 rings (SSSR count). The van der Waals surface area contributed by atoms with Gasteiger partial charge in [-0.1, -0.05) is 36.4 Å². The van der Waals surface area contributed by atoms with Gasteiger partial charge in [0, 0.05) is 13.1 Å². The first kappa shape index (κ1) is 18.2. The molecule has 2 aromatic carbocycles. The number of carbonyl (C=O) groups is 1. The lowest BCUT2D eigenvalue weighted by atomic mass is 9.99. The number of nitrogens with zero attached hydrogens (tertiary/aromatic N) is 1. The molecule has 0 saturated carbocycles. The molecule has 0 saturated heterocycles. The molecule has 136 valence electrons. The third-order valence-corrected chi connectivity index (χ3v) is 4.61. The summed E-state index contributed by atoms with van der Waals surface area (Å²) in [6.07, 6.45) is 2.86. The van der Waals surface area contributed by atoms with Gasteiger partial charge < -0.3 is 5.32 Å². The molecule has 1 atom stereocenters. The maximum absolute atomic E-state index is 13.7. The second-order valence-electron chi connectivity index (χ2n) is 6.23. The maximum atomic E-state index is 13.7. The Balaban J connectivity index is 1.65. The van der Waals surface area contributed by atoms with E-state index in [9.17, 15) is 18.0 Å². The van der Waals surface area contributed by atoms with Gasteiger partial charge >= 0.3 is 0 Å². The molecule has 1 heterocycles. The van der Waals surface area contributed by atoms with E-state index in [2.05, 4.69) is 11.4 Å². The monoisotopic (exact) mass is 360 g/mol. The van der Waals surface area contributed by atoms with Crippen molar-refractivity contribution in [2.75, 3.05) is 18.4 Å². The SMILES string of the molecule is C[C@H](C(=O)Nc1ccc(F)c(F)c1F)N1CC=C(c2ccccc2)CC1. The van der Waals surface area contributed by atoms with E-state index in [4.69, 9.17) is 0 Å². The fourth-order valence-corrected chi connectivity index (χ4v) is 2.98. The number of carbonyl (C=O) groups excluding carboxylic acids is 1. The van der Waals surface area contributed by atoms with E-state index in [1.54, 1.807) is 6.92 Å². The second-order valence-corrected chi connectivity index (χ2v) is 6.23. The predicted molar refractivity (Wildman–Crippen MR) is 95.0 cm³/mol. The smallest absolute Gasteiger partial charge is 0.241 e. The summed E-state index contributed by atoms with van der Waals surface area (Å²) in [7, 11) is 0. The summed E-state index contributed by atoms with van der Waals surface area (Å²) in [6, 6.07) is 11.3. The fraction of sp³-hybridized carbons (Fsp3) is 0.250. The van der Waals surface area contributed by atoms with Gasteiger partial charge in [0.15, 0.2) is 17.5 Å². The highest BCUT2D eigenvalue weighted by atomic mass is 19.2. The van der Waals surface area contributed by atoms with Crippen LogP contribution in [0.5, 0.6) is 0 Å². The number of hydrogen-bond donors (Lipinski definition) is 1. The highest BCUT2D eigenvalue weighted by Gasteiger charge is 2.25. The van der Waals surface area contributed by atoms with Crippen LogP contribution in [-0.4, -0.2) is 29.9 Å². The lowest BCUT2D eigenvalue weighted by Crippen LogP contribution is -2.44. The molecule has 1 aliphatic rings. The molecule has 6 heteroatoms. The molecule has 0 radical (unpaired) electrons. The fourth-order valence-electron chi connectivity index (χ4n) is 2.98. The molecular formula is C20H19F3N2O. The average molecular weight is 360 g/mol. The van der Waals surface area contributed by atoms with Crippen LogP contribution in [0.1, 0.15) is 18.9 Å². The largest absolute Gasteiger partial charge is 0.322 e. The minimum atomic E-state index is -1.59. The number of rotatable bonds is 4. The Kier molecular flexibility index (Phi) is 5.42. The van der Waals surface area contributed by atoms with Gasteiger partial charge in [0.1, 0.15) is 0 Å². The molecule has 0 aromatic heterocycles. The van der Waals surface area contributed by atoms with Crippen molar-refractivity contribution >= 4 is 17.2 Å². The summed E-state index contributed by atoms with van der Waals surface area (Å²) in [4.78, 5) is 14.3. The zero-order valence-electron chi connectivity index (χ0n) is 14.3. The van der Waals surface area contributed by atoms with E-state index < -0.39 is 29.4 Å². The molecule has 1 aliphatic heterocycles. The second kappa shape index (κ2) is 7.74. The predicted octanol–water partition coefficient (Wildman–Crippen LogP) is 4.22. The minimum Gasteiger partial charge on any atom is -0.322 e. The van der Waals surface area contributed by atoms with Gasteiger partial charge in [-0.25, -0.2) is 13.2 Å². The summed E-state index contributed by atoms with van der Waals surface area (Å²) in [5.41, 5.74) is 2.02. The Morgan fingerprint density at radius 3 is 2.46 bits per heavy atom. The first-order valence-corrected chi connectivity index (χ1v) is 8.40. The maximum Gasteiger partial charge on any atom is 0.241 e. The zero-order chi connectivity index (χ0) is 18.7. The summed E-state index contributed by atoms with van der Waals surface area (Å²) >= 11 is 0. The normalized spacial score (nSPS) is 16.1. The Labute approximate surface area is 150 Å². The number of amides is 1. The van der Waals surface area contributed by atoms with Gasteiger partial charge in [-0.3, -0.25) is 9.69 Å². The van der Waals surface area contributed by atoms with Crippen LogP contribution in [0, 0.1) is 17.5 Å². The van der Waals surface area contributed by atoms with Gasteiger partial charge in [0.25, 0.3) is 0 Å². The highest BCUT2D eigenvalue weighted by Crippen LogP contribution is 2.24. The molecule has 0 aliphatic carbocycles. The van der Waals surface area contributed by atoms with Crippen LogP contribution in [0.3, 0.4) is 0 Å². The van der Waals surface area contributed by atoms with Crippen molar-refractivity contribution in [3.63, 3.8) is 0 Å². The molecule has 0 unspecified atom stereocenters. The quantitative estimate of drug-likeness (QED) is 0.828. The summed E-state index contributed by atoms with van der Waals surface area (Å²) in [5.74, 6) is -4.74. The third kappa shape index (κ3) is 3.80. The van der Waals surface area contributed by atoms with Crippen molar-refractivity contribution in [1.29, 1.82) is 0 Å². The van der Waals surface area contributed by atoms with Crippen molar-refractivity contribution in [1.82, 2.24) is 4.90 Å². The summed E-state index contributed by atoms with van der Waals surface area (Å²) < 4.78 is 40.0. The van der Waals surface area contributed by atoms with Crippen LogP contribution >= 0.6 is 0 Å². The molecule has 1 amide bonds. The molecule has 3 nitrogen and oxygen atoms in total. The van der Waals surface area contributed by atoms with Crippen LogP contribution in [0.2, 0.25) is 0 Å². The number of nitrogens with one attached hydrogen (secondary N) is 1. The minimum absolute atomic E-state index is 0.363. The summed E-state index contributed by atoms with van der Waals surface area (Å²) in [5, 5.41) is 2.34. The van der Waals surface area contributed by atoms with Crippen LogP contribution in [0.15, 0.2) is 48.5 Å². The summed E-state index contributed by atoms with van der Waals surface area (Å²) in [6.45, 7) is 2.96. The third-order valence-electron chi connectivity index (χ3n) is 4.61. The lowest BCUT2D eigenvalue weighted by molar-refractivity contribution is -0.120. The van der Waals surface area contributed by atoms with Crippen LogP contribution in [0.4, 0.5) is 18.9 Å². The first-order valence-electron chi connectivity index (χ1n) is 8.40. The highest BCUT2D eigenvalue weighted by molar-refractivity contribution is 5.94. The standard InChI is InChI=1S/C20H19F3N2O/c1-13(20(26)24-17-8-7-16(21)18(22)19(17)23)25-11-9-15(10-12-25)14-5-3-2-4-6-14/h2-9,13H,10-12H2,1H3,(H,24,26)/t13-/m1/s1. The molecule has 26 heavy (non-hydrogen) atoms. The van der Waals surface area contributed by atoms with Crippen molar-refractivity contribution in [3.8, 4) is 0 Å². The molecule has 1 N–H and O–H groups in total. The van der Waals surface area contributed by atoms with Gasteiger partial charge in [-0.05, 0) is 36.6 Å². The van der Waals surface area contributed by atoms with E-state index in [1.807, 2.05) is 35.2 Å². The van der Waals surface area contributed by atoms with Gasteiger partial charge in [0.2, 0.25) is 5.91 Å². The van der Waals surface area contributed by atoms with Crippen LogP contribution in [0.25, 0.3) is 5.57 Å². The van der Waals surface area contributed by atoms with Gasteiger partial charge in [-0.2, -0.15) is 0 Å². The Morgan fingerprint density at radius 1 is 1.08 bits per heavy atom. The van der Waals surface area contributed by atoms with Crippen LogP contribution < -0.4 is 5.32 Å². The number of hydrogen-bond acceptors (Lipinski definition) is 2. The van der Waals surface area contributed by atoms with E-state index in [-0.39, 0.29) is 5.69 Å². The topological polar surface area (TPSA) is 32.3 Å². The van der Waals surface area contributed by atoms with Crippen LogP contribution in [-0.2, 0) is 4.79 Å². The number of halogens is 3. The van der Waals surface area contributed by atoms with E-state index in [0.717, 1.165) is 24.1 Å². The lowest BCUT2D eigenvalue weighted by Gasteiger charge is -2.31. The number of anilines is 1. The van der Waals surface area contributed by atoms with Crippen molar-refractivity contribution < 1.29 is 18.0 Å². The first-order chi connectivity index (χ1) is 12.5. The number of benzene rings is 2. The molecular weight excluding hydrogens is 341 g/mol. The molecule has 0 fully saturated rings. The molecule has 0 spiro atoms. The zero-order valence-corrected chi connectivity index (χ0v) is 14.3. The van der Waals surface area contributed by atoms with Crippen molar-refractivity contribution in [3.05, 3.63) is 71.6 Å². The van der Waals surface area contributed by atoms with E-state index >= 15 is 0 Å². The van der Waals surface area contributed by atoms with Crippen molar-refractivity contribution in [2.45, 2.75) is 19.4 Å². The average Bonchev–Trinajstić information content (AvgIpc) is 2.68. The van der Waals surface area contributed by atoms with E-state index in [1.165, 1.54) is 5.57 Å². The Bertz CT molecular complexity index is 836. The Morgan fingerprint density at radius 2 is 1.81 bits per heavy atom. The Hall–Kier alpha value is -2.60. The molecule has 0 bridgehead atoms. The molecule has 2 aromatic rings.